The van der Waals surface area contributed by atoms with Crippen molar-refractivity contribution in [3.63, 3.8) is 0 Å². The van der Waals surface area contributed by atoms with Crippen molar-refractivity contribution in [2.75, 3.05) is 20.8 Å². The van der Waals surface area contributed by atoms with E-state index in [1.807, 2.05) is 12.1 Å². The van der Waals surface area contributed by atoms with Gasteiger partial charge >= 0.3 is 0 Å². The van der Waals surface area contributed by atoms with Crippen LogP contribution in [0.15, 0.2) is 18.3 Å². The summed E-state index contributed by atoms with van der Waals surface area (Å²) in [5.41, 5.74) is 8.15. The highest BCUT2D eigenvalue weighted by Crippen LogP contribution is 2.34. The Bertz CT molecular complexity index is 513. The first kappa shape index (κ1) is 13.7. The fraction of sp³-hybridized carbons (Fsp3) is 0.467. The van der Waals surface area contributed by atoms with Crippen LogP contribution in [0.4, 0.5) is 0 Å². The number of nitrogens with zero attached hydrogens (tertiary/aromatic N) is 1. The van der Waals surface area contributed by atoms with Gasteiger partial charge < -0.3 is 19.8 Å². The van der Waals surface area contributed by atoms with Crippen molar-refractivity contribution < 1.29 is 9.47 Å². The molecule has 0 atom stereocenters. The summed E-state index contributed by atoms with van der Waals surface area (Å²) < 4.78 is 13.0. The molecule has 0 amide bonds. The number of benzene rings is 1. The lowest BCUT2D eigenvalue weighted by atomic mass is 10.1. The van der Waals surface area contributed by atoms with E-state index in [0.29, 0.717) is 6.54 Å². The maximum Gasteiger partial charge on any atom is 0.162 e. The molecular weight excluding hydrogens is 240 g/mol. The first-order valence-corrected chi connectivity index (χ1v) is 6.69. The monoisotopic (exact) mass is 262 g/mol. The van der Waals surface area contributed by atoms with Gasteiger partial charge in [-0.3, -0.25) is 0 Å². The van der Waals surface area contributed by atoms with Gasteiger partial charge in [0.1, 0.15) is 0 Å². The summed E-state index contributed by atoms with van der Waals surface area (Å²) in [5.74, 6) is 1.53. The lowest BCUT2D eigenvalue weighted by Gasteiger charge is -2.09. The lowest BCUT2D eigenvalue weighted by molar-refractivity contribution is 0.355. The Labute approximate surface area is 114 Å². The van der Waals surface area contributed by atoms with Crippen molar-refractivity contribution in [3.05, 3.63) is 23.9 Å². The maximum atomic E-state index is 5.70. The average Bonchev–Trinajstić information content (AvgIpc) is 2.76. The molecule has 0 unspecified atom stereocenters. The summed E-state index contributed by atoms with van der Waals surface area (Å²) in [6, 6.07) is 4.09. The maximum absolute atomic E-state index is 5.70. The van der Waals surface area contributed by atoms with Crippen LogP contribution in [0.1, 0.15) is 18.9 Å². The molecule has 1 aromatic carbocycles. The van der Waals surface area contributed by atoms with Gasteiger partial charge in [-0.1, -0.05) is 6.92 Å². The minimum atomic E-state index is 0.652. The van der Waals surface area contributed by atoms with Gasteiger partial charge in [0, 0.05) is 24.2 Å². The molecule has 0 saturated heterocycles. The number of aryl methyl sites for hydroxylation is 1. The molecule has 0 aliphatic carbocycles. The zero-order chi connectivity index (χ0) is 13.8. The minimum Gasteiger partial charge on any atom is -0.493 e. The third kappa shape index (κ3) is 2.54. The van der Waals surface area contributed by atoms with Crippen molar-refractivity contribution in [2.24, 2.45) is 5.73 Å². The minimum absolute atomic E-state index is 0.652. The zero-order valence-electron chi connectivity index (χ0n) is 11.9. The molecule has 1 heterocycles. The zero-order valence-corrected chi connectivity index (χ0v) is 11.9. The summed E-state index contributed by atoms with van der Waals surface area (Å²) >= 11 is 0. The van der Waals surface area contributed by atoms with Crippen LogP contribution in [0.25, 0.3) is 10.9 Å². The van der Waals surface area contributed by atoms with E-state index in [4.69, 9.17) is 15.2 Å². The predicted octanol–water partition coefficient (Wildman–Crippen LogP) is 2.57. The molecule has 2 rings (SSSR count). The standard InChI is InChI=1S/C15H22N2O2/c1-4-7-17-10-11(5-6-16)12-8-14(18-2)15(19-3)9-13(12)17/h8-10H,4-7,16H2,1-3H3. The highest BCUT2D eigenvalue weighted by molar-refractivity contribution is 5.87. The smallest absolute Gasteiger partial charge is 0.162 e. The SMILES string of the molecule is CCCn1cc(CCN)c2cc(OC)c(OC)cc21. The van der Waals surface area contributed by atoms with Crippen molar-refractivity contribution in [1.29, 1.82) is 0 Å². The fourth-order valence-corrected chi connectivity index (χ4v) is 2.47. The van der Waals surface area contributed by atoms with Gasteiger partial charge in [0.25, 0.3) is 0 Å². The number of ether oxygens (including phenoxy) is 2. The van der Waals surface area contributed by atoms with Crippen LogP contribution in [0.3, 0.4) is 0 Å². The highest BCUT2D eigenvalue weighted by atomic mass is 16.5. The molecule has 0 saturated carbocycles. The molecule has 0 bridgehead atoms. The summed E-state index contributed by atoms with van der Waals surface area (Å²) in [6.07, 6.45) is 4.17. The second-order valence-electron chi connectivity index (χ2n) is 4.61. The molecule has 2 N–H and O–H groups in total. The Hall–Kier alpha value is -1.68. The van der Waals surface area contributed by atoms with Gasteiger partial charge in [-0.2, -0.15) is 0 Å². The molecule has 4 nitrogen and oxygen atoms in total. The van der Waals surface area contributed by atoms with Crippen LogP contribution < -0.4 is 15.2 Å². The third-order valence-corrected chi connectivity index (χ3v) is 3.35. The normalized spacial score (nSPS) is 10.9. The van der Waals surface area contributed by atoms with Crippen LogP contribution in [0.5, 0.6) is 11.5 Å². The van der Waals surface area contributed by atoms with Gasteiger partial charge in [0.15, 0.2) is 11.5 Å². The first-order valence-electron chi connectivity index (χ1n) is 6.69. The Balaban J connectivity index is 2.63. The van der Waals surface area contributed by atoms with E-state index in [1.165, 1.54) is 16.5 Å². The van der Waals surface area contributed by atoms with Crippen molar-refractivity contribution in [2.45, 2.75) is 26.3 Å². The Morgan fingerprint density at radius 1 is 1.16 bits per heavy atom. The first-order chi connectivity index (χ1) is 9.24. The molecule has 1 aromatic heterocycles. The van der Waals surface area contributed by atoms with Crippen LogP contribution in [-0.4, -0.2) is 25.3 Å². The Kier molecular flexibility index (Phi) is 4.32. The molecule has 104 valence electrons. The van der Waals surface area contributed by atoms with E-state index in [1.54, 1.807) is 14.2 Å². The lowest BCUT2D eigenvalue weighted by Crippen LogP contribution is -2.02. The molecule has 19 heavy (non-hydrogen) atoms. The molecule has 0 fully saturated rings. The number of rotatable bonds is 6. The summed E-state index contributed by atoms with van der Waals surface area (Å²) in [5, 5.41) is 1.21. The Morgan fingerprint density at radius 2 is 1.84 bits per heavy atom. The van der Waals surface area contributed by atoms with Crippen LogP contribution in [0.2, 0.25) is 0 Å². The summed E-state index contributed by atoms with van der Waals surface area (Å²) in [6.45, 7) is 3.82. The number of hydrogen-bond acceptors (Lipinski definition) is 3. The van der Waals surface area contributed by atoms with E-state index >= 15 is 0 Å². The van der Waals surface area contributed by atoms with Gasteiger partial charge in [-0.25, -0.2) is 0 Å². The van der Waals surface area contributed by atoms with E-state index < -0.39 is 0 Å². The van der Waals surface area contributed by atoms with Crippen molar-refractivity contribution >= 4 is 10.9 Å². The van der Waals surface area contributed by atoms with Gasteiger partial charge in [-0.15, -0.1) is 0 Å². The topological polar surface area (TPSA) is 49.4 Å². The van der Waals surface area contributed by atoms with E-state index in [2.05, 4.69) is 17.7 Å². The quantitative estimate of drug-likeness (QED) is 0.870. The summed E-state index contributed by atoms with van der Waals surface area (Å²) in [7, 11) is 3.33. The number of aromatic nitrogens is 1. The molecule has 0 radical (unpaired) electrons. The number of hydrogen-bond donors (Lipinski definition) is 1. The average molecular weight is 262 g/mol. The number of methoxy groups -OCH3 is 2. The van der Waals surface area contributed by atoms with Crippen molar-refractivity contribution in [1.82, 2.24) is 4.57 Å². The molecular formula is C15H22N2O2. The van der Waals surface area contributed by atoms with E-state index in [9.17, 15) is 0 Å². The highest BCUT2D eigenvalue weighted by Gasteiger charge is 2.13. The molecule has 2 aromatic rings. The third-order valence-electron chi connectivity index (χ3n) is 3.35. The van der Waals surface area contributed by atoms with Crippen LogP contribution in [0, 0.1) is 0 Å². The molecule has 0 aliphatic rings. The molecule has 0 aliphatic heterocycles. The second kappa shape index (κ2) is 5.97. The largest absolute Gasteiger partial charge is 0.493 e. The number of nitrogens with two attached hydrogens (primary N) is 1. The van der Waals surface area contributed by atoms with Crippen LogP contribution in [-0.2, 0) is 13.0 Å². The second-order valence-corrected chi connectivity index (χ2v) is 4.61. The summed E-state index contributed by atoms with van der Waals surface area (Å²) in [4.78, 5) is 0. The predicted molar refractivity (Wildman–Crippen MR) is 78.1 cm³/mol. The fourth-order valence-electron chi connectivity index (χ4n) is 2.47. The Morgan fingerprint density at radius 3 is 2.42 bits per heavy atom. The van der Waals surface area contributed by atoms with E-state index in [-0.39, 0.29) is 0 Å². The van der Waals surface area contributed by atoms with Gasteiger partial charge in [-0.05, 0) is 31.0 Å². The molecule has 0 spiro atoms. The molecule has 4 heteroatoms. The van der Waals surface area contributed by atoms with Crippen LogP contribution >= 0.6 is 0 Å². The number of fused-ring (bicyclic) bond motifs is 1. The van der Waals surface area contributed by atoms with E-state index in [0.717, 1.165) is 30.9 Å². The van der Waals surface area contributed by atoms with Gasteiger partial charge in [0.05, 0.1) is 19.7 Å². The van der Waals surface area contributed by atoms with Gasteiger partial charge in [0.2, 0.25) is 0 Å². The van der Waals surface area contributed by atoms with Crippen molar-refractivity contribution in [3.8, 4) is 11.5 Å².